The van der Waals surface area contributed by atoms with Gasteiger partial charge in [0.1, 0.15) is 5.01 Å². The zero-order valence-electron chi connectivity index (χ0n) is 9.96. The highest BCUT2D eigenvalue weighted by atomic mass is 32.1. The van der Waals surface area contributed by atoms with Crippen molar-refractivity contribution in [1.82, 2.24) is 10.3 Å². The van der Waals surface area contributed by atoms with Crippen molar-refractivity contribution in [3.8, 4) is 0 Å². The number of ether oxygens (including phenoxy) is 1. The lowest BCUT2D eigenvalue weighted by atomic mass is 10.0. The maximum Gasteiger partial charge on any atom is 0.119 e. The normalized spacial score (nSPS) is 12.0. The van der Waals surface area contributed by atoms with Crippen molar-refractivity contribution in [3.05, 3.63) is 16.1 Å². The Morgan fingerprint density at radius 1 is 1.47 bits per heavy atom. The first-order valence-electron chi connectivity index (χ1n) is 5.37. The van der Waals surface area contributed by atoms with Crippen molar-refractivity contribution in [1.29, 1.82) is 0 Å². The van der Waals surface area contributed by atoms with Crippen LogP contribution >= 0.6 is 11.3 Å². The highest BCUT2D eigenvalue weighted by Gasteiger charge is 2.21. The molecule has 86 valence electrons. The van der Waals surface area contributed by atoms with E-state index in [0.717, 1.165) is 23.9 Å². The van der Waals surface area contributed by atoms with Gasteiger partial charge >= 0.3 is 0 Å². The van der Waals surface area contributed by atoms with E-state index in [1.807, 2.05) is 6.92 Å². The van der Waals surface area contributed by atoms with Crippen LogP contribution in [-0.4, -0.2) is 18.1 Å². The summed E-state index contributed by atoms with van der Waals surface area (Å²) in [4.78, 5) is 4.57. The molecule has 0 saturated heterocycles. The van der Waals surface area contributed by atoms with Gasteiger partial charge in [0, 0.05) is 12.0 Å². The number of nitrogens with one attached hydrogen (secondary N) is 1. The maximum atomic E-state index is 5.33. The molecule has 1 aromatic heterocycles. The largest absolute Gasteiger partial charge is 0.375 e. The number of hydrogen-bond donors (Lipinski definition) is 1. The topological polar surface area (TPSA) is 34.1 Å². The van der Waals surface area contributed by atoms with Gasteiger partial charge in [0.2, 0.25) is 0 Å². The summed E-state index contributed by atoms with van der Waals surface area (Å²) in [6.45, 7) is 10.7. The van der Waals surface area contributed by atoms with Gasteiger partial charge in [-0.1, -0.05) is 6.92 Å². The molecule has 1 heterocycles. The molecule has 0 unspecified atom stereocenters. The van der Waals surface area contributed by atoms with E-state index in [9.17, 15) is 0 Å². The lowest BCUT2D eigenvalue weighted by molar-refractivity contribution is 0.133. The molecule has 0 aromatic carbocycles. The average Bonchev–Trinajstić information content (AvgIpc) is 2.63. The molecule has 0 atom stereocenters. The number of thiazole rings is 1. The molecular formula is C11H20N2OS. The van der Waals surface area contributed by atoms with Crippen LogP contribution in [-0.2, 0) is 16.9 Å². The third kappa shape index (κ3) is 3.55. The summed E-state index contributed by atoms with van der Waals surface area (Å²) in [5.74, 6) is 0. The summed E-state index contributed by atoms with van der Waals surface area (Å²) in [5, 5.41) is 6.57. The second-order valence-corrected chi connectivity index (χ2v) is 4.86. The molecule has 0 amide bonds. The van der Waals surface area contributed by atoms with Gasteiger partial charge in [0.15, 0.2) is 0 Å². The highest BCUT2D eigenvalue weighted by Crippen LogP contribution is 2.22. The Kier molecular flexibility index (Phi) is 4.70. The van der Waals surface area contributed by atoms with Crippen LogP contribution in [0.15, 0.2) is 5.38 Å². The van der Waals surface area contributed by atoms with Crippen molar-refractivity contribution in [3.63, 3.8) is 0 Å². The molecule has 15 heavy (non-hydrogen) atoms. The Hall–Kier alpha value is -0.450. The fraction of sp³-hybridized carbons (Fsp3) is 0.727. The molecule has 0 bridgehead atoms. The van der Waals surface area contributed by atoms with Crippen LogP contribution in [0.2, 0.25) is 0 Å². The summed E-state index contributed by atoms with van der Waals surface area (Å²) in [5.41, 5.74) is 1.06. The van der Waals surface area contributed by atoms with E-state index < -0.39 is 0 Å². The third-order valence-electron chi connectivity index (χ3n) is 2.24. The minimum atomic E-state index is -0.0459. The lowest BCUT2D eigenvalue weighted by Gasteiger charge is -2.23. The standard InChI is InChI=1S/C11H20N2OS/c1-5-12-11(3,4)9-8-15-10(13-9)7-14-6-2/h8,12H,5-7H2,1-4H3. The Morgan fingerprint density at radius 2 is 2.20 bits per heavy atom. The first-order valence-corrected chi connectivity index (χ1v) is 6.25. The van der Waals surface area contributed by atoms with Crippen LogP contribution in [0.3, 0.4) is 0 Å². The molecule has 0 fully saturated rings. The van der Waals surface area contributed by atoms with Crippen LogP contribution in [0.4, 0.5) is 0 Å². The molecule has 1 aromatic rings. The van der Waals surface area contributed by atoms with E-state index in [4.69, 9.17) is 4.74 Å². The molecule has 1 N–H and O–H groups in total. The summed E-state index contributed by atoms with van der Waals surface area (Å²) in [7, 11) is 0. The second kappa shape index (κ2) is 5.58. The zero-order chi connectivity index (χ0) is 11.3. The minimum absolute atomic E-state index is 0.0459. The van der Waals surface area contributed by atoms with Gasteiger partial charge < -0.3 is 10.1 Å². The summed E-state index contributed by atoms with van der Waals surface area (Å²) < 4.78 is 5.33. The van der Waals surface area contributed by atoms with Crippen molar-refractivity contribution in [2.45, 2.75) is 39.8 Å². The predicted molar refractivity (Wildman–Crippen MR) is 64.1 cm³/mol. The van der Waals surface area contributed by atoms with E-state index in [1.165, 1.54) is 0 Å². The van der Waals surface area contributed by atoms with Crippen molar-refractivity contribution in [2.75, 3.05) is 13.2 Å². The summed E-state index contributed by atoms with van der Waals surface area (Å²) in [6, 6.07) is 0. The Balaban J connectivity index is 2.66. The fourth-order valence-corrected chi connectivity index (χ4v) is 2.28. The van der Waals surface area contributed by atoms with E-state index in [2.05, 4.69) is 36.5 Å². The molecule has 0 radical (unpaired) electrons. The number of rotatable bonds is 6. The quantitative estimate of drug-likeness (QED) is 0.812. The van der Waals surface area contributed by atoms with Gasteiger partial charge in [0.25, 0.3) is 0 Å². The highest BCUT2D eigenvalue weighted by molar-refractivity contribution is 7.09. The number of nitrogens with zero attached hydrogens (tertiary/aromatic N) is 1. The fourth-order valence-electron chi connectivity index (χ4n) is 1.39. The molecule has 0 aliphatic carbocycles. The van der Waals surface area contributed by atoms with Gasteiger partial charge in [0.05, 0.1) is 17.8 Å². The number of aromatic nitrogens is 1. The lowest BCUT2D eigenvalue weighted by Crippen LogP contribution is -2.36. The van der Waals surface area contributed by atoms with Crippen LogP contribution in [0.25, 0.3) is 0 Å². The molecular weight excluding hydrogens is 208 g/mol. The summed E-state index contributed by atoms with van der Waals surface area (Å²) in [6.07, 6.45) is 0. The van der Waals surface area contributed by atoms with Gasteiger partial charge in [-0.25, -0.2) is 4.98 Å². The van der Waals surface area contributed by atoms with Crippen LogP contribution in [0.1, 0.15) is 38.4 Å². The Morgan fingerprint density at radius 3 is 2.80 bits per heavy atom. The van der Waals surface area contributed by atoms with E-state index in [1.54, 1.807) is 11.3 Å². The Labute approximate surface area is 95.9 Å². The van der Waals surface area contributed by atoms with Gasteiger partial charge in [-0.2, -0.15) is 0 Å². The third-order valence-corrected chi connectivity index (χ3v) is 3.06. The van der Waals surface area contributed by atoms with Crippen LogP contribution in [0, 0.1) is 0 Å². The van der Waals surface area contributed by atoms with Gasteiger partial charge in [-0.05, 0) is 27.3 Å². The molecule has 0 spiro atoms. The van der Waals surface area contributed by atoms with Gasteiger partial charge in [-0.15, -0.1) is 11.3 Å². The Bertz CT molecular complexity index is 297. The molecule has 1 rings (SSSR count). The first-order chi connectivity index (χ1) is 7.10. The predicted octanol–water partition coefficient (Wildman–Crippen LogP) is 2.52. The smallest absolute Gasteiger partial charge is 0.119 e. The maximum absolute atomic E-state index is 5.33. The number of hydrogen-bond acceptors (Lipinski definition) is 4. The van der Waals surface area contributed by atoms with E-state index in [0.29, 0.717) is 6.61 Å². The SMILES string of the molecule is CCNC(C)(C)c1csc(COCC)n1. The molecule has 0 saturated carbocycles. The van der Waals surface area contributed by atoms with E-state index in [-0.39, 0.29) is 5.54 Å². The van der Waals surface area contributed by atoms with Crippen molar-refractivity contribution < 1.29 is 4.74 Å². The molecule has 4 heteroatoms. The van der Waals surface area contributed by atoms with Crippen molar-refractivity contribution >= 4 is 11.3 Å². The minimum Gasteiger partial charge on any atom is -0.375 e. The summed E-state index contributed by atoms with van der Waals surface area (Å²) >= 11 is 1.67. The first kappa shape index (κ1) is 12.6. The van der Waals surface area contributed by atoms with Gasteiger partial charge in [-0.3, -0.25) is 0 Å². The monoisotopic (exact) mass is 228 g/mol. The second-order valence-electron chi connectivity index (χ2n) is 3.92. The molecule has 0 aliphatic heterocycles. The van der Waals surface area contributed by atoms with E-state index >= 15 is 0 Å². The zero-order valence-corrected chi connectivity index (χ0v) is 10.8. The van der Waals surface area contributed by atoms with Crippen molar-refractivity contribution in [2.24, 2.45) is 0 Å². The van der Waals surface area contributed by atoms with Crippen LogP contribution < -0.4 is 5.32 Å². The van der Waals surface area contributed by atoms with Crippen LogP contribution in [0.5, 0.6) is 0 Å². The average molecular weight is 228 g/mol. The molecule has 3 nitrogen and oxygen atoms in total. The molecule has 0 aliphatic rings.